The van der Waals surface area contributed by atoms with E-state index in [2.05, 4.69) is 60.0 Å². The highest BCUT2D eigenvalue weighted by Crippen LogP contribution is 2.68. The number of aromatic nitrogens is 1. The van der Waals surface area contributed by atoms with Gasteiger partial charge in [-0.3, -0.25) is 4.98 Å². The minimum atomic E-state index is 0.444. The molecule has 1 aliphatic carbocycles. The highest BCUT2D eigenvalue weighted by molar-refractivity contribution is 9.10. The molecule has 1 aromatic rings. The van der Waals surface area contributed by atoms with Crippen LogP contribution < -0.4 is 5.32 Å². The minimum absolute atomic E-state index is 0.444. The van der Waals surface area contributed by atoms with Crippen LogP contribution in [0.2, 0.25) is 0 Å². The first kappa shape index (κ1) is 11.9. The van der Waals surface area contributed by atoms with Crippen molar-refractivity contribution in [2.24, 2.45) is 16.7 Å². The van der Waals surface area contributed by atoms with Crippen molar-refractivity contribution in [2.45, 2.75) is 27.7 Å². The van der Waals surface area contributed by atoms with Crippen LogP contribution in [0, 0.1) is 16.7 Å². The monoisotopic (exact) mass is 282 g/mol. The molecular formula is C13H19BrN2. The Labute approximate surface area is 106 Å². The number of anilines is 1. The number of hydrogen-bond acceptors (Lipinski definition) is 2. The summed E-state index contributed by atoms with van der Waals surface area (Å²) in [7, 11) is 0. The molecule has 0 bridgehead atoms. The molecule has 3 heteroatoms. The molecule has 0 spiro atoms. The molecule has 88 valence electrons. The Balaban J connectivity index is 1.95. The molecule has 2 nitrogen and oxygen atoms in total. The first-order valence-electron chi connectivity index (χ1n) is 5.70. The van der Waals surface area contributed by atoms with Crippen LogP contribution >= 0.6 is 15.9 Å². The Bertz CT molecular complexity index is 385. The Hall–Kier alpha value is -0.570. The van der Waals surface area contributed by atoms with E-state index in [4.69, 9.17) is 0 Å². The van der Waals surface area contributed by atoms with Crippen molar-refractivity contribution in [3.63, 3.8) is 0 Å². The molecule has 16 heavy (non-hydrogen) atoms. The van der Waals surface area contributed by atoms with Gasteiger partial charge in [0.05, 0.1) is 11.9 Å². The number of rotatable bonds is 3. The summed E-state index contributed by atoms with van der Waals surface area (Å²) in [6, 6.07) is 2.06. The van der Waals surface area contributed by atoms with Gasteiger partial charge in [-0.25, -0.2) is 0 Å². The van der Waals surface area contributed by atoms with Gasteiger partial charge in [0.25, 0.3) is 0 Å². The van der Waals surface area contributed by atoms with E-state index >= 15 is 0 Å². The molecule has 1 heterocycles. The van der Waals surface area contributed by atoms with Crippen LogP contribution in [-0.2, 0) is 0 Å². The number of hydrogen-bond donors (Lipinski definition) is 1. The molecule has 0 amide bonds. The Kier molecular flexibility index (Phi) is 2.77. The summed E-state index contributed by atoms with van der Waals surface area (Å²) in [6.07, 6.45) is 3.67. The largest absolute Gasteiger partial charge is 0.383 e. The number of nitrogens with zero attached hydrogens (tertiary/aromatic N) is 1. The van der Waals surface area contributed by atoms with Crippen molar-refractivity contribution in [1.82, 2.24) is 4.98 Å². The average Bonchev–Trinajstić information content (AvgIpc) is 2.55. The van der Waals surface area contributed by atoms with Gasteiger partial charge in [-0.15, -0.1) is 0 Å². The van der Waals surface area contributed by atoms with Gasteiger partial charge in [-0.05, 0) is 38.7 Å². The van der Waals surface area contributed by atoms with Gasteiger partial charge in [0, 0.05) is 17.2 Å². The zero-order chi connectivity index (χ0) is 12.0. The second kappa shape index (κ2) is 3.73. The maximum atomic E-state index is 4.15. The van der Waals surface area contributed by atoms with Crippen molar-refractivity contribution in [1.29, 1.82) is 0 Å². The van der Waals surface area contributed by atoms with Crippen LogP contribution in [0.4, 0.5) is 5.69 Å². The van der Waals surface area contributed by atoms with Gasteiger partial charge >= 0.3 is 0 Å². The van der Waals surface area contributed by atoms with Crippen molar-refractivity contribution in [3.8, 4) is 0 Å². The summed E-state index contributed by atoms with van der Waals surface area (Å²) in [5.74, 6) is 0.735. The Morgan fingerprint density at radius 2 is 1.88 bits per heavy atom. The second-order valence-electron chi connectivity index (χ2n) is 5.77. The number of halogens is 1. The van der Waals surface area contributed by atoms with Crippen LogP contribution in [0.5, 0.6) is 0 Å². The quantitative estimate of drug-likeness (QED) is 0.909. The fourth-order valence-electron chi connectivity index (χ4n) is 2.57. The molecule has 1 aromatic heterocycles. The van der Waals surface area contributed by atoms with E-state index in [-0.39, 0.29) is 0 Å². The topological polar surface area (TPSA) is 24.9 Å². The third kappa shape index (κ3) is 1.86. The van der Waals surface area contributed by atoms with Crippen LogP contribution in [0.15, 0.2) is 22.9 Å². The molecule has 1 N–H and O–H groups in total. The van der Waals surface area contributed by atoms with E-state index in [0.29, 0.717) is 10.8 Å². The van der Waals surface area contributed by atoms with E-state index in [9.17, 15) is 0 Å². The van der Waals surface area contributed by atoms with Crippen molar-refractivity contribution in [2.75, 3.05) is 11.9 Å². The number of nitrogens with one attached hydrogen (secondary N) is 1. The van der Waals surface area contributed by atoms with Gasteiger partial charge < -0.3 is 5.32 Å². The van der Waals surface area contributed by atoms with E-state index < -0.39 is 0 Å². The Morgan fingerprint density at radius 1 is 1.25 bits per heavy atom. The van der Waals surface area contributed by atoms with E-state index in [0.717, 1.165) is 22.6 Å². The molecule has 0 unspecified atom stereocenters. The van der Waals surface area contributed by atoms with Gasteiger partial charge in [0.1, 0.15) is 0 Å². The van der Waals surface area contributed by atoms with Gasteiger partial charge in [0.15, 0.2) is 0 Å². The lowest BCUT2D eigenvalue weighted by Crippen LogP contribution is -2.08. The maximum Gasteiger partial charge on any atom is 0.0538 e. The summed E-state index contributed by atoms with van der Waals surface area (Å²) >= 11 is 3.43. The second-order valence-corrected chi connectivity index (χ2v) is 6.68. The van der Waals surface area contributed by atoms with Crippen molar-refractivity contribution < 1.29 is 0 Å². The summed E-state index contributed by atoms with van der Waals surface area (Å²) in [5, 5.41) is 3.47. The predicted octanol–water partition coefficient (Wildman–Crippen LogP) is 3.94. The van der Waals surface area contributed by atoms with Gasteiger partial charge in [-0.2, -0.15) is 0 Å². The van der Waals surface area contributed by atoms with Gasteiger partial charge in [-0.1, -0.05) is 27.7 Å². The van der Waals surface area contributed by atoms with Crippen LogP contribution in [0.25, 0.3) is 0 Å². The molecular weight excluding hydrogens is 264 g/mol. The smallest absolute Gasteiger partial charge is 0.0538 e. The van der Waals surface area contributed by atoms with Crippen molar-refractivity contribution >= 4 is 21.6 Å². The van der Waals surface area contributed by atoms with E-state index in [1.807, 2.05) is 6.20 Å². The number of pyridine rings is 1. The summed E-state index contributed by atoms with van der Waals surface area (Å²) in [4.78, 5) is 4.15. The molecule has 2 rings (SSSR count). The Morgan fingerprint density at radius 3 is 2.38 bits per heavy atom. The zero-order valence-electron chi connectivity index (χ0n) is 10.3. The first-order chi connectivity index (χ1) is 7.35. The van der Waals surface area contributed by atoms with Gasteiger partial charge in [0.2, 0.25) is 0 Å². The normalized spacial score (nSPS) is 21.8. The lowest BCUT2D eigenvalue weighted by Gasteiger charge is -2.07. The zero-order valence-corrected chi connectivity index (χ0v) is 11.9. The van der Waals surface area contributed by atoms with E-state index in [1.165, 1.54) is 0 Å². The van der Waals surface area contributed by atoms with Crippen LogP contribution in [-0.4, -0.2) is 11.5 Å². The third-order valence-corrected chi connectivity index (χ3v) is 4.97. The first-order valence-corrected chi connectivity index (χ1v) is 6.49. The fourth-order valence-corrected chi connectivity index (χ4v) is 2.94. The molecule has 0 aromatic carbocycles. The molecule has 0 atom stereocenters. The lowest BCUT2D eigenvalue weighted by atomic mass is 10.0. The minimum Gasteiger partial charge on any atom is -0.383 e. The molecule has 0 saturated heterocycles. The summed E-state index contributed by atoms with van der Waals surface area (Å²) in [6.45, 7) is 10.4. The lowest BCUT2D eigenvalue weighted by molar-refractivity contribution is 0.457. The van der Waals surface area contributed by atoms with E-state index in [1.54, 1.807) is 6.20 Å². The highest BCUT2D eigenvalue weighted by atomic mass is 79.9. The molecule has 1 fully saturated rings. The highest BCUT2D eigenvalue weighted by Gasteiger charge is 2.63. The fraction of sp³-hybridized carbons (Fsp3) is 0.615. The molecule has 1 saturated carbocycles. The summed E-state index contributed by atoms with van der Waals surface area (Å²) in [5.41, 5.74) is 1.98. The SMILES string of the molecule is CC1(C)C(CNc2cncc(Br)c2)C1(C)C. The molecule has 0 radical (unpaired) electrons. The van der Waals surface area contributed by atoms with Crippen molar-refractivity contribution in [3.05, 3.63) is 22.9 Å². The standard InChI is InChI=1S/C13H19BrN2/c1-12(2)11(13(12,3)4)8-16-10-5-9(14)6-15-7-10/h5-7,11,16H,8H2,1-4H3. The maximum absolute atomic E-state index is 4.15. The third-order valence-electron chi connectivity index (χ3n) is 4.53. The van der Waals surface area contributed by atoms with Crippen LogP contribution in [0.1, 0.15) is 27.7 Å². The molecule has 1 aliphatic rings. The van der Waals surface area contributed by atoms with Crippen LogP contribution in [0.3, 0.4) is 0 Å². The summed E-state index contributed by atoms with van der Waals surface area (Å²) < 4.78 is 1.02. The average molecular weight is 283 g/mol. The predicted molar refractivity (Wildman–Crippen MR) is 71.5 cm³/mol. The molecule has 0 aliphatic heterocycles.